The smallest absolute Gasteiger partial charge is 0.222 e. The summed E-state index contributed by atoms with van der Waals surface area (Å²) in [6.45, 7) is 7.99. The predicted octanol–water partition coefficient (Wildman–Crippen LogP) is 3.02. The molecule has 2 amide bonds. The molecule has 6 nitrogen and oxygen atoms in total. The molecule has 2 aromatic rings. The van der Waals surface area contributed by atoms with Crippen LogP contribution >= 0.6 is 0 Å². The number of carbonyl (C=O) groups excluding carboxylic acids is 2. The first-order valence-electron chi connectivity index (χ1n) is 11.5. The second kappa shape index (κ2) is 10.3. The van der Waals surface area contributed by atoms with Gasteiger partial charge in [0.05, 0.1) is 31.7 Å². The Morgan fingerprint density at radius 3 is 2.50 bits per heavy atom. The zero-order chi connectivity index (χ0) is 22.5. The van der Waals surface area contributed by atoms with E-state index >= 15 is 0 Å². The zero-order valence-corrected chi connectivity index (χ0v) is 19.0. The lowest BCUT2D eigenvalue weighted by atomic mass is 9.90. The Labute approximate surface area is 190 Å². The number of carbonyl (C=O) groups is 2. The molecule has 0 radical (unpaired) electrons. The molecule has 2 unspecified atom stereocenters. The third-order valence-corrected chi connectivity index (χ3v) is 6.64. The average Bonchev–Trinajstić information content (AvgIpc) is 2.81. The van der Waals surface area contributed by atoms with Crippen LogP contribution in [-0.4, -0.2) is 61.0 Å². The van der Waals surface area contributed by atoms with Gasteiger partial charge in [-0.15, -0.1) is 0 Å². The van der Waals surface area contributed by atoms with E-state index in [1.807, 2.05) is 23.1 Å². The van der Waals surface area contributed by atoms with Crippen molar-refractivity contribution in [2.75, 3.05) is 39.4 Å². The molecule has 6 heteroatoms. The average molecular weight is 436 g/mol. The first kappa shape index (κ1) is 22.5. The summed E-state index contributed by atoms with van der Waals surface area (Å²) in [5.41, 5.74) is 4.74. The van der Waals surface area contributed by atoms with Gasteiger partial charge < -0.3 is 15.0 Å². The normalized spacial score (nSPS) is 19.8. The van der Waals surface area contributed by atoms with Gasteiger partial charge in [0.1, 0.15) is 0 Å². The highest BCUT2D eigenvalue weighted by Gasteiger charge is 2.31. The van der Waals surface area contributed by atoms with Crippen LogP contribution < -0.4 is 5.32 Å². The molecule has 2 aliphatic heterocycles. The second-order valence-electron chi connectivity index (χ2n) is 8.76. The maximum Gasteiger partial charge on any atom is 0.222 e. The predicted molar refractivity (Wildman–Crippen MR) is 124 cm³/mol. The number of fused-ring (bicyclic) bond motifs is 1. The molecule has 32 heavy (non-hydrogen) atoms. The van der Waals surface area contributed by atoms with E-state index in [1.54, 1.807) is 6.92 Å². The molecular weight excluding hydrogens is 402 g/mol. The van der Waals surface area contributed by atoms with Gasteiger partial charge in [-0.1, -0.05) is 54.1 Å². The van der Waals surface area contributed by atoms with E-state index in [1.165, 1.54) is 16.7 Å². The van der Waals surface area contributed by atoms with E-state index in [0.717, 1.165) is 25.1 Å². The molecule has 1 saturated heterocycles. The number of rotatable bonds is 6. The number of morpholine rings is 1. The minimum atomic E-state index is -0.210. The lowest BCUT2D eigenvalue weighted by Gasteiger charge is -2.37. The van der Waals surface area contributed by atoms with Gasteiger partial charge in [0, 0.05) is 33.1 Å². The Bertz CT molecular complexity index is 938. The molecule has 170 valence electrons. The van der Waals surface area contributed by atoms with Crippen LogP contribution in [0, 0.1) is 6.92 Å². The third-order valence-electron chi connectivity index (χ3n) is 6.64. The number of amides is 2. The molecule has 0 aliphatic carbocycles. The summed E-state index contributed by atoms with van der Waals surface area (Å²) < 4.78 is 5.53. The maximum atomic E-state index is 13.1. The van der Waals surface area contributed by atoms with Gasteiger partial charge in [0.25, 0.3) is 0 Å². The first-order valence-corrected chi connectivity index (χ1v) is 11.5. The summed E-state index contributed by atoms with van der Waals surface area (Å²) >= 11 is 0. The lowest BCUT2D eigenvalue weighted by Crippen LogP contribution is -2.45. The van der Waals surface area contributed by atoms with Crippen molar-refractivity contribution in [3.63, 3.8) is 0 Å². The van der Waals surface area contributed by atoms with Gasteiger partial charge >= 0.3 is 0 Å². The van der Waals surface area contributed by atoms with Crippen molar-refractivity contribution in [1.29, 1.82) is 0 Å². The Balaban J connectivity index is 1.47. The molecule has 0 spiro atoms. The van der Waals surface area contributed by atoms with Gasteiger partial charge in [-0.2, -0.15) is 0 Å². The van der Waals surface area contributed by atoms with Crippen molar-refractivity contribution in [2.24, 2.45) is 0 Å². The lowest BCUT2D eigenvalue weighted by molar-refractivity contribution is -0.133. The van der Waals surface area contributed by atoms with E-state index in [0.29, 0.717) is 26.3 Å². The monoisotopic (exact) mass is 435 g/mol. The molecule has 0 aromatic heterocycles. The van der Waals surface area contributed by atoms with Crippen LogP contribution in [0.5, 0.6) is 0 Å². The zero-order valence-electron chi connectivity index (χ0n) is 19.0. The number of benzene rings is 2. The fourth-order valence-electron chi connectivity index (χ4n) is 4.84. The number of nitrogens with one attached hydrogen (secondary N) is 1. The Morgan fingerprint density at radius 1 is 1.06 bits per heavy atom. The minimum Gasteiger partial charge on any atom is -0.379 e. The molecular formula is C26H33N3O3. The molecule has 4 rings (SSSR count). The molecule has 2 atom stereocenters. The van der Waals surface area contributed by atoms with Gasteiger partial charge in [-0.3, -0.25) is 14.5 Å². The number of aryl methyl sites for hydroxylation is 1. The summed E-state index contributed by atoms with van der Waals surface area (Å²) in [5.74, 6) is -0.00789. The Kier molecular flexibility index (Phi) is 7.22. The highest BCUT2D eigenvalue weighted by atomic mass is 16.5. The summed E-state index contributed by atoms with van der Waals surface area (Å²) in [6, 6.07) is 16.6. The van der Waals surface area contributed by atoms with Gasteiger partial charge in [-0.25, -0.2) is 0 Å². The molecule has 2 heterocycles. The largest absolute Gasteiger partial charge is 0.379 e. The minimum absolute atomic E-state index is 0.0168. The van der Waals surface area contributed by atoms with Crippen LogP contribution in [0.2, 0.25) is 0 Å². The van der Waals surface area contributed by atoms with Crippen molar-refractivity contribution < 1.29 is 14.3 Å². The van der Waals surface area contributed by atoms with E-state index in [4.69, 9.17) is 4.74 Å². The van der Waals surface area contributed by atoms with E-state index in [-0.39, 0.29) is 30.3 Å². The van der Waals surface area contributed by atoms with Crippen molar-refractivity contribution >= 4 is 11.8 Å². The van der Waals surface area contributed by atoms with Gasteiger partial charge in [0.15, 0.2) is 0 Å². The fourth-order valence-corrected chi connectivity index (χ4v) is 4.84. The van der Waals surface area contributed by atoms with Crippen LogP contribution in [0.1, 0.15) is 47.7 Å². The number of hydrogen-bond donors (Lipinski definition) is 1. The van der Waals surface area contributed by atoms with Crippen molar-refractivity contribution in [1.82, 2.24) is 15.1 Å². The maximum absolute atomic E-state index is 13.1. The van der Waals surface area contributed by atoms with Gasteiger partial charge in [0.2, 0.25) is 11.8 Å². The molecule has 0 saturated carbocycles. The third kappa shape index (κ3) is 5.19. The molecule has 1 fully saturated rings. The van der Waals surface area contributed by atoms with Crippen LogP contribution in [0.15, 0.2) is 48.5 Å². The van der Waals surface area contributed by atoms with E-state index < -0.39 is 0 Å². The van der Waals surface area contributed by atoms with Crippen LogP contribution in [0.4, 0.5) is 0 Å². The Morgan fingerprint density at radius 2 is 1.78 bits per heavy atom. The second-order valence-corrected chi connectivity index (χ2v) is 8.76. The standard InChI is InChI=1S/C26H33N3O3/c1-19-7-9-22(10-8-19)25(28-13-15-32-16-14-28)18-27-26(31)17-24-23-6-4-3-5-21(23)11-12-29(24)20(2)30/h3-10,24-25H,11-18H2,1-2H3,(H,27,31). The van der Waals surface area contributed by atoms with Crippen molar-refractivity contribution in [2.45, 2.75) is 38.8 Å². The Hall–Kier alpha value is -2.70. The fraction of sp³-hybridized carbons (Fsp3) is 0.462. The molecule has 2 aliphatic rings. The van der Waals surface area contributed by atoms with Gasteiger partial charge in [-0.05, 0) is 30.0 Å². The molecule has 2 aromatic carbocycles. The topological polar surface area (TPSA) is 61.9 Å². The summed E-state index contributed by atoms with van der Waals surface area (Å²) in [4.78, 5) is 29.5. The summed E-state index contributed by atoms with van der Waals surface area (Å²) in [7, 11) is 0. The highest BCUT2D eigenvalue weighted by Crippen LogP contribution is 2.32. The SMILES string of the molecule is CC(=O)N1CCc2ccccc2C1CC(=O)NCC(c1ccc(C)cc1)N1CCOCC1. The number of nitrogens with zero attached hydrogens (tertiary/aromatic N) is 2. The van der Waals surface area contributed by atoms with Crippen LogP contribution in [-0.2, 0) is 20.7 Å². The number of ether oxygens (including phenoxy) is 1. The van der Waals surface area contributed by atoms with Crippen molar-refractivity contribution in [3.8, 4) is 0 Å². The summed E-state index contributed by atoms with van der Waals surface area (Å²) in [6.07, 6.45) is 1.11. The number of hydrogen-bond acceptors (Lipinski definition) is 4. The summed E-state index contributed by atoms with van der Waals surface area (Å²) in [5, 5.41) is 3.17. The van der Waals surface area contributed by atoms with Crippen LogP contribution in [0.3, 0.4) is 0 Å². The first-order chi connectivity index (χ1) is 15.5. The quantitative estimate of drug-likeness (QED) is 0.758. The van der Waals surface area contributed by atoms with Crippen LogP contribution in [0.25, 0.3) is 0 Å². The van der Waals surface area contributed by atoms with E-state index in [9.17, 15) is 9.59 Å². The van der Waals surface area contributed by atoms with Crippen molar-refractivity contribution in [3.05, 3.63) is 70.8 Å². The highest BCUT2D eigenvalue weighted by molar-refractivity contribution is 5.79. The molecule has 0 bridgehead atoms. The van der Waals surface area contributed by atoms with E-state index in [2.05, 4.69) is 47.5 Å². The molecule has 1 N–H and O–H groups in total.